The summed E-state index contributed by atoms with van der Waals surface area (Å²) in [5, 5.41) is 12.3. The zero-order valence-electron chi connectivity index (χ0n) is 15.5. The van der Waals surface area contributed by atoms with Crippen LogP contribution in [0.3, 0.4) is 0 Å². The number of aryl methyl sites for hydroxylation is 1. The highest BCUT2D eigenvalue weighted by Gasteiger charge is 2.24. The molecule has 7 heteroatoms. The molecule has 1 atom stereocenters. The molecule has 1 saturated carbocycles. The zero-order valence-corrected chi connectivity index (χ0v) is 15.5. The molecule has 0 radical (unpaired) electrons. The summed E-state index contributed by atoms with van der Waals surface area (Å²) in [4.78, 5) is 25.2. The number of rotatable bonds is 6. The predicted octanol–water partition coefficient (Wildman–Crippen LogP) is 3.16. The Morgan fingerprint density at radius 3 is 2.59 bits per heavy atom. The fourth-order valence-electron chi connectivity index (χ4n) is 3.33. The molecule has 1 aliphatic rings. The Morgan fingerprint density at radius 2 is 1.93 bits per heavy atom. The molecule has 0 aliphatic heterocycles. The van der Waals surface area contributed by atoms with E-state index in [-0.39, 0.29) is 18.0 Å². The molecular formula is C20H26N4O3. The van der Waals surface area contributed by atoms with Gasteiger partial charge in [-0.1, -0.05) is 54.8 Å². The van der Waals surface area contributed by atoms with E-state index in [1.807, 2.05) is 30.3 Å². The number of carbonyl (C=O) groups is 2. The summed E-state index contributed by atoms with van der Waals surface area (Å²) in [6, 6.07) is 10.4. The van der Waals surface area contributed by atoms with Gasteiger partial charge in [0.25, 0.3) is 0 Å². The molecule has 144 valence electrons. The molecular weight excluding hydrogens is 344 g/mol. The van der Waals surface area contributed by atoms with Crippen LogP contribution < -0.4 is 16.0 Å². The maximum absolute atomic E-state index is 12.7. The van der Waals surface area contributed by atoms with Crippen molar-refractivity contribution < 1.29 is 14.1 Å². The van der Waals surface area contributed by atoms with Crippen molar-refractivity contribution >= 4 is 17.8 Å². The number of nitrogens with one attached hydrogen (secondary N) is 3. The van der Waals surface area contributed by atoms with Crippen LogP contribution in [0.2, 0.25) is 0 Å². The van der Waals surface area contributed by atoms with Gasteiger partial charge < -0.3 is 20.5 Å². The molecule has 1 fully saturated rings. The number of anilines is 1. The van der Waals surface area contributed by atoms with E-state index in [1.165, 1.54) is 6.42 Å². The Labute approximate surface area is 158 Å². The SMILES string of the molecule is Cc1cc(NC(=O)C(Cc2ccccc2)NC(=O)NC2CCCCC2)no1. The van der Waals surface area contributed by atoms with Crippen LogP contribution in [0, 0.1) is 6.92 Å². The summed E-state index contributed by atoms with van der Waals surface area (Å²) >= 11 is 0. The molecule has 1 aromatic heterocycles. The lowest BCUT2D eigenvalue weighted by Gasteiger charge is -2.25. The van der Waals surface area contributed by atoms with Crippen LogP contribution in [0.1, 0.15) is 43.4 Å². The van der Waals surface area contributed by atoms with E-state index in [0.29, 0.717) is 18.0 Å². The Hall–Kier alpha value is -2.83. The lowest BCUT2D eigenvalue weighted by molar-refractivity contribution is -0.118. The molecule has 0 bridgehead atoms. The van der Waals surface area contributed by atoms with E-state index in [4.69, 9.17) is 4.52 Å². The van der Waals surface area contributed by atoms with Gasteiger partial charge >= 0.3 is 6.03 Å². The van der Waals surface area contributed by atoms with Crippen LogP contribution in [0.4, 0.5) is 10.6 Å². The van der Waals surface area contributed by atoms with Crippen LogP contribution in [0.5, 0.6) is 0 Å². The van der Waals surface area contributed by atoms with E-state index in [2.05, 4.69) is 21.1 Å². The van der Waals surface area contributed by atoms with Gasteiger partial charge in [0.05, 0.1) is 0 Å². The normalized spacial score (nSPS) is 15.7. The number of nitrogens with zero attached hydrogens (tertiary/aromatic N) is 1. The van der Waals surface area contributed by atoms with Crippen molar-refractivity contribution in [3.8, 4) is 0 Å². The third-order valence-electron chi connectivity index (χ3n) is 4.72. The van der Waals surface area contributed by atoms with Crippen LogP contribution in [0.15, 0.2) is 40.9 Å². The van der Waals surface area contributed by atoms with E-state index in [1.54, 1.807) is 13.0 Å². The summed E-state index contributed by atoms with van der Waals surface area (Å²) in [5.41, 5.74) is 0.965. The van der Waals surface area contributed by atoms with Crippen LogP contribution in [-0.4, -0.2) is 29.2 Å². The second-order valence-corrected chi connectivity index (χ2v) is 7.01. The largest absolute Gasteiger partial charge is 0.360 e. The lowest BCUT2D eigenvalue weighted by Crippen LogP contribution is -2.51. The zero-order chi connectivity index (χ0) is 19.1. The van der Waals surface area contributed by atoms with Crippen molar-refractivity contribution in [2.24, 2.45) is 0 Å². The first-order valence-corrected chi connectivity index (χ1v) is 9.45. The summed E-state index contributed by atoms with van der Waals surface area (Å²) in [6.07, 6.45) is 5.84. The van der Waals surface area contributed by atoms with Crippen molar-refractivity contribution in [2.45, 2.75) is 57.5 Å². The van der Waals surface area contributed by atoms with Crippen molar-refractivity contribution in [2.75, 3.05) is 5.32 Å². The standard InChI is InChI=1S/C20H26N4O3/c1-14-12-18(24-27-14)23-19(25)17(13-15-8-4-2-5-9-15)22-20(26)21-16-10-6-3-7-11-16/h2,4-5,8-9,12,16-17H,3,6-7,10-11,13H2,1H3,(H2,21,22,26)(H,23,24,25). The topological polar surface area (TPSA) is 96.3 Å². The fourth-order valence-corrected chi connectivity index (χ4v) is 3.33. The predicted molar refractivity (Wildman–Crippen MR) is 102 cm³/mol. The number of benzene rings is 1. The van der Waals surface area contributed by atoms with Gasteiger partial charge in [-0.3, -0.25) is 4.79 Å². The highest BCUT2D eigenvalue weighted by Crippen LogP contribution is 2.17. The molecule has 1 aromatic carbocycles. The van der Waals surface area contributed by atoms with E-state index < -0.39 is 6.04 Å². The van der Waals surface area contributed by atoms with E-state index in [0.717, 1.165) is 31.2 Å². The van der Waals surface area contributed by atoms with Gasteiger partial charge in [-0.2, -0.15) is 0 Å². The smallest absolute Gasteiger partial charge is 0.315 e. The molecule has 3 amide bonds. The van der Waals surface area contributed by atoms with Crippen molar-refractivity contribution in [3.05, 3.63) is 47.7 Å². The molecule has 0 saturated heterocycles. The fraction of sp³-hybridized carbons (Fsp3) is 0.450. The molecule has 2 aromatic rings. The molecule has 27 heavy (non-hydrogen) atoms. The van der Waals surface area contributed by atoms with Gasteiger partial charge in [-0.25, -0.2) is 4.79 Å². The molecule has 1 unspecified atom stereocenters. The van der Waals surface area contributed by atoms with Gasteiger partial charge in [0, 0.05) is 18.5 Å². The summed E-state index contributed by atoms with van der Waals surface area (Å²) in [5.74, 6) is 0.615. The third-order valence-corrected chi connectivity index (χ3v) is 4.72. The second-order valence-electron chi connectivity index (χ2n) is 7.01. The monoisotopic (exact) mass is 370 g/mol. The Balaban J connectivity index is 1.64. The van der Waals surface area contributed by atoms with Crippen LogP contribution >= 0.6 is 0 Å². The van der Waals surface area contributed by atoms with Gasteiger partial charge in [-0.05, 0) is 25.3 Å². The highest BCUT2D eigenvalue weighted by atomic mass is 16.5. The minimum absolute atomic E-state index is 0.178. The molecule has 3 rings (SSSR count). The average molecular weight is 370 g/mol. The number of aromatic nitrogens is 1. The maximum Gasteiger partial charge on any atom is 0.315 e. The average Bonchev–Trinajstić information content (AvgIpc) is 3.07. The van der Waals surface area contributed by atoms with E-state index in [9.17, 15) is 9.59 Å². The number of carbonyl (C=O) groups excluding carboxylic acids is 2. The first-order valence-electron chi connectivity index (χ1n) is 9.45. The maximum atomic E-state index is 12.7. The van der Waals surface area contributed by atoms with Gasteiger partial charge in [0.15, 0.2) is 5.82 Å². The Kier molecular flexibility index (Phi) is 6.46. The molecule has 0 spiro atoms. The summed E-state index contributed by atoms with van der Waals surface area (Å²) in [7, 11) is 0. The summed E-state index contributed by atoms with van der Waals surface area (Å²) < 4.78 is 4.98. The Bertz CT molecular complexity index is 754. The number of urea groups is 1. The minimum Gasteiger partial charge on any atom is -0.360 e. The third kappa shape index (κ3) is 5.84. The second kappa shape index (κ2) is 9.21. The van der Waals surface area contributed by atoms with Crippen LogP contribution in [-0.2, 0) is 11.2 Å². The van der Waals surface area contributed by atoms with Crippen molar-refractivity contribution in [3.63, 3.8) is 0 Å². The number of hydrogen-bond donors (Lipinski definition) is 3. The Morgan fingerprint density at radius 1 is 1.19 bits per heavy atom. The highest BCUT2D eigenvalue weighted by molar-refractivity contribution is 5.96. The minimum atomic E-state index is -0.715. The van der Waals surface area contributed by atoms with Gasteiger partial charge in [0.1, 0.15) is 11.8 Å². The van der Waals surface area contributed by atoms with Gasteiger partial charge in [0.2, 0.25) is 5.91 Å². The molecule has 1 aliphatic carbocycles. The van der Waals surface area contributed by atoms with E-state index >= 15 is 0 Å². The number of hydrogen-bond acceptors (Lipinski definition) is 4. The number of amides is 3. The van der Waals surface area contributed by atoms with Crippen LogP contribution in [0.25, 0.3) is 0 Å². The lowest BCUT2D eigenvalue weighted by atomic mass is 9.96. The molecule has 3 N–H and O–H groups in total. The summed E-state index contributed by atoms with van der Waals surface area (Å²) in [6.45, 7) is 1.75. The molecule has 1 heterocycles. The first-order chi connectivity index (χ1) is 13.1. The molecule has 7 nitrogen and oxygen atoms in total. The quantitative estimate of drug-likeness (QED) is 0.728. The van der Waals surface area contributed by atoms with Gasteiger partial charge in [-0.15, -0.1) is 0 Å². The first kappa shape index (κ1) is 18.9. The van der Waals surface area contributed by atoms with Crippen molar-refractivity contribution in [1.82, 2.24) is 15.8 Å². The van der Waals surface area contributed by atoms with Crippen molar-refractivity contribution in [1.29, 1.82) is 0 Å².